The van der Waals surface area contributed by atoms with Gasteiger partial charge in [0.25, 0.3) is 5.91 Å². The lowest BCUT2D eigenvalue weighted by atomic mass is 10.1. The fourth-order valence-corrected chi connectivity index (χ4v) is 1.44. The molecule has 15 heavy (non-hydrogen) atoms. The molecule has 2 N–H and O–H groups in total. The van der Waals surface area contributed by atoms with E-state index in [-0.39, 0.29) is 5.91 Å². The van der Waals surface area contributed by atoms with Crippen LogP contribution in [0.1, 0.15) is 16.9 Å². The Morgan fingerprint density at radius 3 is 3.27 bits per heavy atom. The highest BCUT2D eigenvalue weighted by molar-refractivity contribution is 5.92. The van der Waals surface area contributed by atoms with Crippen LogP contribution in [-0.2, 0) is 0 Å². The summed E-state index contributed by atoms with van der Waals surface area (Å²) in [5.41, 5.74) is 1.58. The number of nitrogens with one attached hydrogen (secondary N) is 2. The van der Waals surface area contributed by atoms with E-state index in [2.05, 4.69) is 26.4 Å². The van der Waals surface area contributed by atoms with Gasteiger partial charge in [-0.2, -0.15) is 0 Å². The normalized spacial score (nSPS) is 15.9. The van der Waals surface area contributed by atoms with Crippen LogP contribution in [0.4, 0.5) is 0 Å². The zero-order valence-electron chi connectivity index (χ0n) is 8.32. The summed E-state index contributed by atoms with van der Waals surface area (Å²) < 4.78 is 4.59. The lowest BCUT2D eigenvalue weighted by Gasteiger charge is -2.13. The fraction of sp³-hybridized carbons (Fsp3) is 0.400. The van der Waals surface area contributed by atoms with Crippen molar-refractivity contribution in [1.29, 1.82) is 0 Å². The summed E-state index contributed by atoms with van der Waals surface area (Å²) in [6.45, 7) is 2.45. The molecule has 0 atom stereocenters. The third kappa shape index (κ3) is 2.66. The molecule has 1 aliphatic rings. The Morgan fingerprint density at radius 2 is 2.60 bits per heavy atom. The Balaban J connectivity index is 1.83. The van der Waals surface area contributed by atoms with Crippen molar-refractivity contribution < 1.29 is 9.32 Å². The summed E-state index contributed by atoms with van der Waals surface area (Å²) >= 11 is 0. The predicted octanol–water partition coefficient (Wildman–Crippen LogP) is 0.324. The van der Waals surface area contributed by atoms with E-state index in [9.17, 15) is 4.79 Å². The van der Waals surface area contributed by atoms with E-state index in [1.165, 1.54) is 11.8 Å². The summed E-state index contributed by atoms with van der Waals surface area (Å²) in [6.07, 6.45) is 4.48. The smallest absolute Gasteiger partial charge is 0.273 e. The number of rotatable bonds is 3. The summed E-state index contributed by atoms with van der Waals surface area (Å²) in [7, 11) is 0. The average Bonchev–Trinajstić information content (AvgIpc) is 2.81. The molecular formula is C10H13N3O2. The third-order valence-corrected chi connectivity index (χ3v) is 2.30. The van der Waals surface area contributed by atoms with Gasteiger partial charge in [-0.15, -0.1) is 0 Å². The SMILES string of the molecule is O=C(NCC1=CCNCC1)c1ccon1. The van der Waals surface area contributed by atoms with Gasteiger partial charge in [-0.1, -0.05) is 16.8 Å². The Morgan fingerprint density at radius 1 is 1.67 bits per heavy atom. The second-order valence-corrected chi connectivity index (χ2v) is 3.38. The molecule has 0 bridgehead atoms. The molecule has 2 heterocycles. The van der Waals surface area contributed by atoms with Gasteiger partial charge >= 0.3 is 0 Å². The minimum atomic E-state index is -0.191. The van der Waals surface area contributed by atoms with Crippen LogP contribution in [0.5, 0.6) is 0 Å². The summed E-state index contributed by atoms with van der Waals surface area (Å²) in [4.78, 5) is 11.5. The number of amides is 1. The number of aromatic nitrogens is 1. The van der Waals surface area contributed by atoms with E-state index in [4.69, 9.17) is 0 Å². The number of carbonyl (C=O) groups is 1. The van der Waals surface area contributed by atoms with Gasteiger partial charge in [0.1, 0.15) is 6.26 Å². The monoisotopic (exact) mass is 207 g/mol. The van der Waals surface area contributed by atoms with Gasteiger partial charge in [-0.3, -0.25) is 4.79 Å². The van der Waals surface area contributed by atoms with Gasteiger partial charge in [0.15, 0.2) is 5.69 Å². The van der Waals surface area contributed by atoms with Crippen molar-refractivity contribution in [2.75, 3.05) is 19.6 Å². The summed E-state index contributed by atoms with van der Waals surface area (Å²) in [5.74, 6) is -0.191. The van der Waals surface area contributed by atoms with Crippen LogP contribution in [0.15, 0.2) is 28.5 Å². The first-order valence-corrected chi connectivity index (χ1v) is 4.93. The molecule has 1 aromatic heterocycles. The standard InChI is InChI=1S/C10H13N3O2/c14-10(9-3-6-15-13-9)12-7-8-1-4-11-5-2-8/h1,3,6,11H,2,4-5,7H2,(H,12,14). The van der Waals surface area contributed by atoms with Crippen LogP contribution in [0.25, 0.3) is 0 Å². The van der Waals surface area contributed by atoms with E-state index in [0.717, 1.165) is 19.5 Å². The number of carbonyl (C=O) groups excluding carboxylic acids is 1. The minimum Gasteiger partial charge on any atom is -0.364 e. The van der Waals surface area contributed by atoms with Crippen LogP contribution < -0.4 is 10.6 Å². The van der Waals surface area contributed by atoms with E-state index in [0.29, 0.717) is 12.2 Å². The van der Waals surface area contributed by atoms with Crippen molar-refractivity contribution >= 4 is 5.91 Å². The largest absolute Gasteiger partial charge is 0.364 e. The highest BCUT2D eigenvalue weighted by Crippen LogP contribution is 2.02. The van der Waals surface area contributed by atoms with Gasteiger partial charge in [0.05, 0.1) is 0 Å². The van der Waals surface area contributed by atoms with Crippen molar-refractivity contribution in [2.24, 2.45) is 0 Å². The second-order valence-electron chi connectivity index (χ2n) is 3.38. The fourth-order valence-electron chi connectivity index (χ4n) is 1.44. The third-order valence-electron chi connectivity index (χ3n) is 2.30. The Hall–Kier alpha value is -1.62. The summed E-state index contributed by atoms with van der Waals surface area (Å²) in [6, 6.07) is 1.55. The van der Waals surface area contributed by atoms with Crippen LogP contribution in [-0.4, -0.2) is 30.7 Å². The molecule has 5 heteroatoms. The van der Waals surface area contributed by atoms with Gasteiger partial charge in [0, 0.05) is 19.2 Å². The molecule has 0 unspecified atom stereocenters. The van der Waals surface area contributed by atoms with Crippen molar-refractivity contribution in [3.05, 3.63) is 29.7 Å². The Labute approximate surface area is 87.5 Å². The van der Waals surface area contributed by atoms with Crippen LogP contribution >= 0.6 is 0 Å². The van der Waals surface area contributed by atoms with Crippen molar-refractivity contribution in [1.82, 2.24) is 15.8 Å². The van der Waals surface area contributed by atoms with Crippen molar-refractivity contribution in [2.45, 2.75) is 6.42 Å². The van der Waals surface area contributed by atoms with Crippen LogP contribution in [0, 0.1) is 0 Å². The second kappa shape index (κ2) is 4.75. The Kier molecular flexibility index (Phi) is 3.14. The first-order chi connectivity index (χ1) is 7.36. The van der Waals surface area contributed by atoms with E-state index < -0.39 is 0 Å². The van der Waals surface area contributed by atoms with Gasteiger partial charge < -0.3 is 15.2 Å². The Bertz CT molecular complexity index is 357. The minimum absolute atomic E-state index is 0.191. The maximum atomic E-state index is 11.5. The maximum absolute atomic E-state index is 11.5. The number of hydrogen-bond acceptors (Lipinski definition) is 4. The quantitative estimate of drug-likeness (QED) is 0.701. The van der Waals surface area contributed by atoms with E-state index >= 15 is 0 Å². The number of hydrogen-bond donors (Lipinski definition) is 2. The lowest BCUT2D eigenvalue weighted by Crippen LogP contribution is -2.29. The summed E-state index contributed by atoms with van der Waals surface area (Å²) in [5, 5.41) is 9.57. The molecule has 0 aromatic carbocycles. The molecule has 0 spiro atoms. The molecule has 80 valence electrons. The van der Waals surface area contributed by atoms with Gasteiger partial charge in [0.2, 0.25) is 0 Å². The molecule has 0 aliphatic carbocycles. The van der Waals surface area contributed by atoms with Gasteiger partial charge in [-0.05, 0) is 13.0 Å². The molecule has 1 amide bonds. The molecule has 0 radical (unpaired) electrons. The van der Waals surface area contributed by atoms with E-state index in [1.807, 2.05) is 0 Å². The first kappa shape index (κ1) is 9.92. The maximum Gasteiger partial charge on any atom is 0.273 e. The van der Waals surface area contributed by atoms with E-state index in [1.54, 1.807) is 6.07 Å². The average molecular weight is 207 g/mol. The van der Waals surface area contributed by atoms with Crippen molar-refractivity contribution in [3.8, 4) is 0 Å². The number of nitrogens with zero attached hydrogens (tertiary/aromatic N) is 1. The topological polar surface area (TPSA) is 67.2 Å². The first-order valence-electron chi connectivity index (χ1n) is 4.93. The molecule has 0 saturated heterocycles. The molecule has 0 saturated carbocycles. The highest BCUT2D eigenvalue weighted by Gasteiger charge is 2.09. The van der Waals surface area contributed by atoms with Crippen LogP contribution in [0.2, 0.25) is 0 Å². The predicted molar refractivity (Wildman–Crippen MR) is 54.4 cm³/mol. The molecular weight excluding hydrogens is 194 g/mol. The highest BCUT2D eigenvalue weighted by atomic mass is 16.5. The van der Waals surface area contributed by atoms with Crippen LogP contribution in [0.3, 0.4) is 0 Å². The zero-order valence-corrected chi connectivity index (χ0v) is 8.32. The van der Waals surface area contributed by atoms with Gasteiger partial charge in [-0.25, -0.2) is 0 Å². The zero-order chi connectivity index (χ0) is 10.5. The molecule has 1 aromatic rings. The molecule has 2 rings (SSSR count). The molecule has 0 fully saturated rings. The molecule has 5 nitrogen and oxygen atoms in total. The van der Waals surface area contributed by atoms with Crippen molar-refractivity contribution in [3.63, 3.8) is 0 Å². The lowest BCUT2D eigenvalue weighted by molar-refractivity contribution is 0.0947. The molecule has 1 aliphatic heterocycles.